The Kier molecular flexibility index (Phi) is 5.71. The van der Waals surface area contributed by atoms with E-state index in [0.717, 1.165) is 38.0 Å². The first kappa shape index (κ1) is 16.5. The van der Waals surface area contributed by atoms with Crippen LogP contribution in [0.4, 0.5) is 0 Å². The Bertz CT molecular complexity index is 490. The van der Waals surface area contributed by atoms with Gasteiger partial charge in [0.2, 0.25) is 0 Å². The zero-order chi connectivity index (χ0) is 16.1. The van der Waals surface area contributed by atoms with E-state index in [0.29, 0.717) is 5.92 Å². The number of likely N-dealkylation sites (tertiary alicyclic amines) is 1. The van der Waals surface area contributed by atoms with Crippen molar-refractivity contribution < 1.29 is 9.53 Å². The van der Waals surface area contributed by atoms with Gasteiger partial charge in [0.15, 0.2) is 0 Å². The summed E-state index contributed by atoms with van der Waals surface area (Å²) in [6.07, 6.45) is 7.30. The van der Waals surface area contributed by atoms with Crippen LogP contribution in [0.2, 0.25) is 0 Å². The summed E-state index contributed by atoms with van der Waals surface area (Å²) in [6, 6.07) is 10.2. The van der Waals surface area contributed by atoms with Gasteiger partial charge in [0.1, 0.15) is 6.10 Å². The average Bonchev–Trinajstić information content (AvgIpc) is 3.22. The van der Waals surface area contributed by atoms with Crippen molar-refractivity contribution in [2.75, 3.05) is 19.6 Å². The zero-order valence-electron chi connectivity index (χ0n) is 14.2. The lowest BCUT2D eigenvalue weighted by atomic mass is 9.85. The highest BCUT2D eigenvalue weighted by Crippen LogP contribution is 2.38. The van der Waals surface area contributed by atoms with Crippen molar-refractivity contribution in [3.05, 3.63) is 35.9 Å². The topological polar surface area (TPSA) is 29.5 Å². The lowest BCUT2D eigenvalue weighted by Crippen LogP contribution is -2.33. The van der Waals surface area contributed by atoms with Crippen molar-refractivity contribution in [3.63, 3.8) is 0 Å². The van der Waals surface area contributed by atoms with Gasteiger partial charge in [-0.3, -0.25) is 9.69 Å². The summed E-state index contributed by atoms with van der Waals surface area (Å²) < 4.78 is 5.86. The van der Waals surface area contributed by atoms with Gasteiger partial charge in [-0.2, -0.15) is 0 Å². The molecule has 1 heterocycles. The number of ether oxygens (including phenoxy) is 1. The smallest absolute Gasteiger partial charge is 0.314 e. The van der Waals surface area contributed by atoms with Crippen LogP contribution in [0.3, 0.4) is 0 Å². The van der Waals surface area contributed by atoms with Crippen LogP contribution >= 0.6 is 0 Å². The number of carbonyl (C=O) groups is 1. The van der Waals surface area contributed by atoms with E-state index in [1.165, 1.54) is 25.7 Å². The zero-order valence-corrected chi connectivity index (χ0v) is 14.2. The molecule has 1 aromatic rings. The van der Waals surface area contributed by atoms with Crippen LogP contribution in [0.1, 0.15) is 56.9 Å². The first-order valence-corrected chi connectivity index (χ1v) is 9.22. The molecule has 1 saturated carbocycles. The standard InChI is InChI=1S/C20H29NO2/c1-16(15-21-13-7-8-14-21)23-20(22)19(18-11-5-6-12-18)17-9-3-2-4-10-17/h2-4,9-10,16,18-19H,5-8,11-15H2,1H3/t16-,19-/m1/s1. The molecule has 0 bridgehead atoms. The second-order valence-corrected chi connectivity index (χ2v) is 7.19. The van der Waals surface area contributed by atoms with Crippen LogP contribution in [-0.4, -0.2) is 36.6 Å². The Morgan fingerprint density at radius 1 is 1.13 bits per heavy atom. The lowest BCUT2D eigenvalue weighted by Gasteiger charge is -2.26. The SMILES string of the molecule is C[C@H](CN1CCCC1)OC(=O)[C@H](c1ccccc1)C1CCCC1. The van der Waals surface area contributed by atoms with Crippen LogP contribution in [0.15, 0.2) is 30.3 Å². The van der Waals surface area contributed by atoms with Gasteiger partial charge in [-0.15, -0.1) is 0 Å². The number of hydrogen-bond donors (Lipinski definition) is 0. The Labute approximate surface area is 140 Å². The molecule has 23 heavy (non-hydrogen) atoms. The third-order valence-corrected chi connectivity index (χ3v) is 5.32. The largest absolute Gasteiger partial charge is 0.461 e. The molecule has 1 saturated heterocycles. The molecular formula is C20H29NO2. The quantitative estimate of drug-likeness (QED) is 0.744. The van der Waals surface area contributed by atoms with Gasteiger partial charge >= 0.3 is 5.97 Å². The van der Waals surface area contributed by atoms with E-state index < -0.39 is 0 Å². The number of esters is 1. The molecule has 2 fully saturated rings. The van der Waals surface area contributed by atoms with Gasteiger partial charge < -0.3 is 4.74 Å². The van der Waals surface area contributed by atoms with Crippen molar-refractivity contribution in [1.29, 1.82) is 0 Å². The number of nitrogens with zero attached hydrogens (tertiary/aromatic N) is 1. The van der Waals surface area contributed by atoms with Gasteiger partial charge in [-0.05, 0) is 57.2 Å². The first-order chi connectivity index (χ1) is 11.2. The molecule has 0 radical (unpaired) electrons. The van der Waals surface area contributed by atoms with Gasteiger partial charge in [-0.1, -0.05) is 43.2 Å². The summed E-state index contributed by atoms with van der Waals surface area (Å²) >= 11 is 0. The monoisotopic (exact) mass is 315 g/mol. The maximum absolute atomic E-state index is 12.9. The van der Waals surface area contributed by atoms with Gasteiger partial charge in [0.05, 0.1) is 5.92 Å². The molecule has 126 valence electrons. The summed E-state index contributed by atoms with van der Waals surface area (Å²) in [7, 11) is 0. The van der Waals surface area contributed by atoms with E-state index in [1.54, 1.807) is 0 Å². The third kappa shape index (κ3) is 4.35. The summed E-state index contributed by atoms with van der Waals surface area (Å²) in [5, 5.41) is 0. The fraction of sp³-hybridized carbons (Fsp3) is 0.650. The van der Waals surface area contributed by atoms with Crippen LogP contribution in [-0.2, 0) is 9.53 Å². The van der Waals surface area contributed by atoms with Crippen LogP contribution in [0.5, 0.6) is 0 Å². The summed E-state index contributed by atoms with van der Waals surface area (Å²) in [5.41, 5.74) is 1.12. The molecule has 3 rings (SSSR count). The highest BCUT2D eigenvalue weighted by molar-refractivity contribution is 5.78. The second-order valence-electron chi connectivity index (χ2n) is 7.19. The molecule has 1 aliphatic heterocycles. The van der Waals surface area contributed by atoms with E-state index in [-0.39, 0.29) is 18.0 Å². The maximum atomic E-state index is 12.9. The summed E-state index contributed by atoms with van der Waals surface area (Å²) in [4.78, 5) is 15.3. The van der Waals surface area contributed by atoms with Gasteiger partial charge in [-0.25, -0.2) is 0 Å². The highest BCUT2D eigenvalue weighted by Gasteiger charge is 2.34. The number of carbonyl (C=O) groups excluding carboxylic acids is 1. The fourth-order valence-electron chi connectivity index (χ4n) is 4.19. The van der Waals surface area contributed by atoms with Crippen molar-refractivity contribution in [1.82, 2.24) is 4.90 Å². The Morgan fingerprint density at radius 3 is 2.43 bits per heavy atom. The second kappa shape index (κ2) is 7.96. The summed E-state index contributed by atoms with van der Waals surface area (Å²) in [5.74, 6) is 0.346. The number of rotatable bonds is 6. The van der Waals surface area contributed by atoms with Crippen molar-refractivity contribution >= 4 is 5.97 Å². The van der Waals surface area contributed by atoms with E-state index in [1.807, 2.05) is 25.1 Å². The first-order valence-electron chi connectivity index (χ1n) is 9.22. The molecule has 0 N–H and O–H groups in total. The molecule has 1 aromatic carbocycles. The molecule has 3 heteroatoms. The number of benzene rings is 1. The van der Waals surface area contributed by atoms with Crippen LogP contribution in [0.25, 0.3) is 0 Å². The minimum absolute atomic E-state index is 0.0187. The fourth-order valence-corrected chi connectivity index (χ4v) is 4.19. The van der Waals surface area contributed by atoms with E-state index in [9.17, 15) is 4.79 Å². The van der Waals surface area contributed by atoms with Gasteiger partial charge in [0, 0.05) is 6.54 Å². The molecule has 2 atom stereocenters. The van der Waals surface area contributed by atoms with Crippen molar-refractivity contribution in [3.8, 4) is 0 Å². The van der Waals surface area contributed by atoms with Crippen LogP contribution in [0, 0.1) is 5.92 Å². The Hall–Kier alpha value is -1.35. The molecular weight excluding hydrogens is 286 g/mol. The molecule has 0 aromatic heterocycles. The normalized spacial score (nSPS) is 22.1. The van der Waals surface area contributed by atoms with E-state index in [4.69, 9.17) is 4.74 Å². The molecule has 1 aliphatic carbocycles. The van der Waals surface area contributed by atoms with Crippen molar-refractivity contribution in [2.45, 2.75) is 57.5 Å². The predicted molar refractivity (Wildman–Crippen MR) is 92.4 cm³/mol. The molecule has 3 nitrogen and oxygen atoms in total. The molecule has 2 aliphatic rings. The van der Waals surface area contributed by atoms with E-state index >= 15 is 0 Å². The minimum Gasteiger partial charge on any atom is -0.461 e. The van der Waals surface area contributed by atoms with Crippen LogP contribution < -0.4 is 0 Å². The average molecular weight is 315 g/mol. The molecule has 0 spiro atoms. The van der Waals surface area contributed by atoms with Gasteiger partial charge in [0.25, 0.3) is 0 Å². The predicted octanol–water partition coefficient (Wildman–Crippen LogP) is 3.99. The van der Waals surface area contributed by atoms with Crippen molar-refractivity contribution in [2.24, 2.45) is 5.92 Å². The molecule has 0 amide bonds. The maximum Gasteiger partial charge on any atom is 0.314 e. The molecule has 0 unspecified atom stereocenters. The number of hydrogen-bond acceptors (Lipinski definition) is 3. The Balaban J connectivity index is 1.64. The summed E-state index contributed by atoms with van der Waals surface area (Å²) in [6.45, 7) is 5.20. The van der Waals surface area contributed by atoms with E-state index in [2.05, 4.69) is 17.0 Å². The minimum atomic E-state index is -0.0836. The Morgan fingerprint density at radius 2 is 1.78 bits per heavy atom. The lowest BCUT2D eigenvalue weighted by molar-refractivity contribution is -0.152. The highest BCUT2D eigenvalue weighted by atomic mass is 16.5. The third-order valence-electron chi connectivity index (χ3n) is 5.32.